The first-order valence-electron chi connectivity index (χ1n) is 12.5. The van der Waals surface area contributed by atoms with E-state index in [4.69, 9.17) is 21.6 Å². The van der Waals surface area contributed by atoms with Crippen LogP contribution in [-0.4, -0.2) is 65.0 Å². The molecular weight excluding hydrogens is 506 g/mol. The van der Waals surface area contributed by atoms with E-state index < -0.39 is 0 Å². The molecule has 0 aliphatic carbocycles. The minimum Gasteiger partial charge on any atom is -0.384 e. The number of methoxy groups -OCH3 is 1. The molecule has 1 aromatic heterocycles. The lowest BCUT2D eigenvalue weighted by Crippen LogP contribution is -2.38. The molecule has 0 spiro atoms. The predicted molar refractivity (Wildman–Crippen MR) is 144 cm³/mol. The van der Waals surface area contributed by atoms with E-state index in [1.165, 1.54) is 15.8 Å². The molecular formula is C28H30ClN5O4. The molecule has 9 nitrogen and oxygen atoms in total. The van der Waals surface area contributed by atoms with E-state index in [1.807, 2.05) is 29.2 Å². The van der Waals surface area contributed by atoms with Gasteiger partial charge in [-0.1, -0.05) is 23.7 Å². The van der Waals surface area contributed by atoms with Crippen LogP contribution in [0.4, 0.5) is 0 Å². The van der Waals surface area contributed by atoms with Crippen molar-refractivity contribution < 1.29 is 14.3 Å². The van der Waals surface area contributed by atoms with Gasteiger partial charge in [0.1, 0.15) is 12.6 Å². The first-order chi connectivity index (χ1) is 18.3. The summed E-state index contributed by atoms with van der Waals surface area (Å²) in [4.78, 5) is 46.2. The van der Waals surface area contributed by atoms with Crippen LogP contribution in [0.3, 0.4) is 0 Å². The summed E-state index contributed by atoms with van der Waals surface area (Å²) in [7, 11) is 3.24. The number of likely N-dealkylation sites (tertiary alicyclic amines) is 1. The quantitative estimate of drug-likeness (QED) is 0.438. The highest BCUT2D eigenvalue weighted by Gasteiger charge is 2.24. The van der Waals surface area contributed by atoms with E-state index in [0.29, 0.717) is 47.6 Å². The van der Waals surface area contributed by atoms with Crippen molar-refractivity contribution in [3.63, 3.8) is 0 Å². The van der Waals surface area contributed by atoms with Crippen molar-refractivity contribution in [2.75, 3.05) is 33.9 Å². The van der Waals surface area contributed by atoms with Gasteiger partial charge in [-0.15, -0.1) is 0 Å². The molecule has 1 saturated heterocycles. The molecule has 1 aliphatic heterocycles. The fourth-order valence-electron chi connectivity index (χ4n) is 4.73. The van der Waals surface area contributed by atoms with Gasteiger partial charge in [-0.05, 0) is 54.2 Å². The number of carbonyl (C=O) groups excluding carboxylic acids is 2. The molecule has 2 heterocycles. The van der Waals surface area contributed by atoms with Crippen LogP contribution in [-0.2, 0) is 27.4 Å². The Labute approximate surface area is 226 Å². The summed E-state index contributed by atoms with van der Waals surface area (Å²) in [6.07, 6.45) is 3.43. The normalized spacial score (nSPS) is 13.9. The fourth-order valence-corrected chi connectivity index (χ4v) is 4.97. The van der Waals surface area contributed by atoms with Crippen LogP contribution >= 0.6 is 11.6 Å². The minimum absolute atomic E-state index is 0.104. The van der Waals surface area contributed by atoms with Gasteiger partial charge >= 0.3 is 0 Å². The Morgan fingerprint density at radius 2 is 1.97 bits per heavy atom. The second-order valence-electron chi connectivity index (χ2n) is 9.53. The number of hydrogen-bond acceptors (Lipinski definition) is 6. The molecule has 0 atom stereocenters. The first-order valence-corrected chi connectivity index (χ1v) is 12.9. The van der Waals surface area contributed by atoms with Crippen molar-refractivity contribution in [3.8, 4) is 6.07 Å². The second-order valence-corrected chi connectivity index (χ2v) is 9.94. The number of aromatic nitrogens is 2. The van der Waals surface area contributed by atoms with Crippen molar-refractivity contribution in [3.05, 3.63) is 74.8 Å². The van der Waals surface area contributed by atoms with Crippen molar-refractivity contribution >= 4 is 34.3 Å². The Kier molecular flexibility index (Phi) is 8.77. The Balaban J connectivity index is 1.44. The van der Waals surface area contributed by atoms with E-state index in [-0.39, 0.29) is 36.4 Å². The molecule has 198 valence electrons. The number of ether oxygens (including phenoxy) is 1. The highest BCUT2D eigenvalue weighted by atomic mass is 35.5. The number of piperidine rings is 1. The van der Waals surface area contributed by atoms with Gasteiger partial charge in [-0.2, -0.15) is 5.26 Å². The minimum atomic E-state index is -0.271. The van der Waals surface area contributed by atoms with Crippen molar-refractivity contribution in [1.29, 1.82) is 5.26 Å². The zero-order valence-corrected chi connectivity index (χ0v) is 22.3. The largest absolute Gasteiger partial charge is 0.384 e. The molecule has 2 amide bonds. The molecule has 0 saturated carbocycles. The van der Waals surface area contributed by atoms with E-state index in [9.17, 15) is 14.4 Å². The Morgan fingerprint density at radius 3 is 2.66 bits per heavy atom. The fraction of sp³-hybridized carbons (Fsp3) is 0.393. The maximum absolute atomic E-state index is 13.3. The average molecular weight is 536 g/mol. The van der Waals surface area contributed by atoms with Crippen molar-refractivity contribution in [1.82, 2.24) is 19.4 Å². The average Bonchev–Trinajstić information content (AvgIpc) is 2.93. The molecule has 38 heavy (non-hydrogen) atoms. The zero-order valence-electron chi connectivity index (χ0n) is 21.5. The molecule has 0 N–H and O–H groups in total. The van der Waals surface area contributed by atoms with E-state index in [0.717, 1.165) is 24.0 Å². The molecule has 4 rings (SSSR count). The highest BCUT2D eigenvalue weighted by Crippen LogP contribution is 2.29. The summed E-state index contributed by atoms with van der Waals surface area (Å²) in [6.45, 7) is 1.91. The number of nitriles is 1. The predicted octanol–water partition coefficient (Wildman–Crippen LogP) is 3.32. The number of benzene rings is 2. The Morgan fingerprint density at radius 1 is 1.21 bits per heavy atom. The number of likely N-dealkylation sites (N-methyl/N-ethyl adjacent to an activating group) is 1. The lowest BCUT2D eigenvalue weighted by atomic mass is 9.88. The standard InChI is InChI=1S/C28H30ClN5O4/c1-32(16-19-3-4-22(15-30)24(29)13-19)27(36)17-34-18-31-25-6-5-21(14-23(25)28(34)37)20-7-10-33(11-8-20)26(35)9-12-38-2/h3-6,13-14,18,20H,7-12,16-17H2,1-2H3. The summed E-state index contributed by atoms with van der Waals surface area (Å²) < 4.78 is 6.34. The molecule has 3 aromatic rings. The van der Waals surface area contributed by atoms with Gasteiger partial charge in [0.05, 0.1) is 40.8 Å². The third-order valence-corrected chi connectivity index (χ3v) is 7.30. The van der Waals surface area contributed by atoms with Gasteiger partial charge in [-0.25, -0.2) is 4.98 Å². The summed E-state index contributed by atoms with van der Waals surface area (Å²) in [5, 5.41) is 9.84. The molecule has 0 radical (unpaired) electrons. The summed E-state index contributed by atoms with van der Waals surface area (Å²) in [6, 6.07) is 12.8. The van der Waals surface area contributed by atoms with Gasteiger partial charge in [0.15, 0.2) is 0 Å². The molecule has 1 fully saturated rings. The SMILES string of the molecule is COCCC(=O)N1CCC(c2ccc3ncn(CC(=O)N(C)Cc4ccc(C#N)c(Cl)c4)c(=O)c3c2)CC1. The number of amides is 2. The Hall–Kier alpha value is -3.74. The van der Waals surface area contributed by atoms with Crippen molar-refractivity contribution in [2.45, 2.75) is 38.3 Å². The van der Waals surface area contributed by atoms with Gasteiger partial charge in [0, 0.05) is 33.8 Å². The first kappa shape index (κ1) is 27.3. The van der Waals surface area contributed by atoms with E-state index >= 15 is 0 Å². The van der Waals surface area contributed by atoms with Gasteiger partial charge in [-0.3, -0.25) is 19.0 Å². The second kappa shape index (κ2) is 12.2. The number of rotatable bonds is 8. The third kappa shape index (κ3) is 6.21. The molecule has 2 aromatic carbocycles. The zero-order chi connectivity index (χ0) is 27.2. The molecule has 10 heteroatoms. The maximum Gasteiger partial charge on any atom is 0.261 e. The van der Waals surface area contributed by atoms with Crippen molar-refractivity contribution in [2.24, 2.45) is 0 Å². The molecule has 0 unspecified atom stereocenters. The highest BCUT2D eigenvalue weighted by molar-refractivity contribution is 6.31. The van der Waals surface area contributed by atoms with E-state index in [2.05, 4.69) is 4.98 Å². The number of nitrogens with zero attached hydrogens (tertiary/aromatic N) is 5. The third-order valence-electron chi connectivity index (χ3n) is 6.99. The number of halogens is 1. The monoisotopic (exact) mass is 535 g/mol. The van der Waals surface area contributed by atoms with Gasteiger partial charge in [0.2, 0.25) is 11.8 Å². The smallest absolute Gasteiger partial charge is 0.261 e. The topological polar surface area (TPSA) is 109 Å². The molecule has 0 bridgehead atoms. The summed E-state index contributed by atoms with van der Waals surface area (Å²) in [5.74, 6) is 0.0918. The van der Waals surface area contributed by atoms with Crippen LogP contribution in [0.1, 0.15) is 41.9 Å². The van der Waals surface area contributed by atoms with Crippen LogP contribution in [0.5, 0.6) is 0 Å². The summed E-state index contributed by atoms with van der Waals surface area (Å²) in [5.41, 5.74) is 2.50. The lowest BCUT2D eigenvalue weighted by Gasteiger charge is -2.32. The lowest BCUT2D eigenvalue weighted by molar-refractivity contribution is -0.133. The maximum atomic E-state index is 13.3. The molecule has 1 aliphatic rings. The number of hydrogen-bond donors (Lipinski definition) is 0. The number of carbonyl (C=O) groups is 2. The van der Waals surface area contributed by atoms with Crippen LogP contribution in [0, 0.1) is 11.3 Å². The van der Waals surface area contributed by atoms with Crippen LogP contribution in [0.2, 0.25) is 5.02 Å². The van der Waals surface area contributed by atoms with Crippen LogP contribution in [0.15, 0.2) is 47.5 Å². The van der Waals surface area contributed by atoms with Crippen LogP contribution < -0.4 is 5.56 Å². The van der Waals surface area contributed by atoms with Gasteiger partial charge < -0.3 is 14.5 Å². The number of fused-ring (bicyclic) bond motifs is 1. The van der Waals surface area contributed by atoms with Crippen LogP contribution in [0.25, 0.3) is 10.9 Å². The van der Waals surface area contributed by atoms with E-state index in [1.54, 1.807) is 32.4 Å². The summed E-state index contributed by atoms with van der Waals surface area (Å²) >= 11 is 6.11. The Bertz CT molecular complexity index is 1440. The van der Waals surface area contributed by atoms with Gasteiger partial charge in [0.25, 0.3) is 5.56 Å².